The zero-order valence-electron chi connectivity index (χ0n) is 13.3. The second-order valence-corrected chi connectivity index (χ2v) is 6.69. The Kier molecular flexibility index (Phi) is 4.45. The highest BCUT2D eigenvalue weighted by Gasteiger charge is 2.28. The van der Waals surface area contributed by atoms with Crippen molar-refractivity contribution in [1.29, 1.82) is 0 Å². The standard InChI is InChI=1S/C17H27N3O/c1-13-10-16(14(2)18-13)17(21)12-19-7-5-6-15(11-19)20-8-3-4-9-20/h10,15,18H,3-9,11-12H2,1-2H3. The molecule has 0 bridgehead atoms. The van der Waals surface area contributed by atoms with E-state index in [2.05, 4.69) is 14.8 Å². The molecule has 1 unspecified atom stereocenters. The van der Waals surface area contributed by atoms with Gasteiger partial charge in [0.15, 0.2) is 5.78 Å². The molecule has 0 aliphatic carbocycles. The van der Waals surface area contributed by atoms with Gasteiger partial charge in [-0.2, -0.15) is 0 Å². The van der Waals surface area contributed by atoms with E-state index in [-0.39, 0.29) is 5.78 Å². The Morgan fingerprint density at radius 3 is 2.67 bits per heavy atom. The molecule has 3 rings (SSSR count). The second-order valence-electron chi connectivity index (χ2n) is 6.69. The van der Waals surface area contributed by atoms with Gasteiger partial charge in [0.1, 0.15) is 0 Å². The number of nitrogens with one attached hydrogen (secondary N) is 1. The third-order valence-corrected chi connectivity index (χ3v) is 4.95. The van der Waals surface area contributed by atoms with E-state index >= 15 is 0 Å². The lowest BCUT2D eigenvalue weighted by atomic mass is 10.0. The summed E-state index contributed by atoms with van der Waals surface area (Å²) < 4.78 is 0. The van der Waals surface area contributed by atoms with E-state index in [4.69, 9.17) is 0 Å². The van der Waals surface area contributed by atoms with Gasteiger partial charge in [0.05, 0.1) is 6.54 Å². The molecular formula is C17H27N3O. The molecule has 0 radical (unpaired) electrons. The number of aromatic nitrogens is 1. The highest BCUT2D eigenvalue weighted by Crippen LogP contribution is 2.21. The molecule has 2 aliphatic heterocycles. The van der Waals surface area contributed by atoms with Crippen molar-refractivity contribution < 1.29 is 4.79 Å². The van der Waals surface area contributed by atoms with E-state index in [1.165, 1.54) is 38.8 Å². The summed E-state index contributed by atoms with van der Waals surface area (Å²) in [7, 11) is 0. The molecule has 4 nitrogen and oxygen atoms in total. The van der Waals surface area contributed by atoms with Crippen LogP contribution in [0.4, 0.5) is 0 Å². The number of aryl methyl sites for hydroxylation is 2. The fraction of sp³-hybridized carbons (Fsp3) is 0.706. The zero-order valence-corrected chi connectivity index (χ0v) is 13.3. The Morgan fingerprint density at radius 1 is 1.24 bits per heavy atom. The lowest BCUT2D eigenvalue weighted by Crippen LogP contribution is -2.48. The van der Waals surface area contributed by atoms with E-state index in [0.29, 0.717) is 12.6 Å². The predicted molar refractivity (Wildman–Crippen MR) is 84.9 cm³/mol. The van der Waals surface area contributed by atoms with E-state index in [9.17, 15) is 4.79 Å². The van der Waals surface area contributed by atoms with Crippen molar-refractivity contribution in [2.24, 2.45) is 0 Å². The summed E-state index contributed by atoms with van der Waals surface area (Å²) in [4.78, 5) is 20.7. The number of piperidine rings is 1. The van der Waals surface area contributed by atoms with E-state index in [0.717, 1.165) is 30.0 Å². The van der Waals surface area contributed by atoms with Crippen molar-refractivity contribution in [3.63, 3.8) is 0 Å². The number of carbonyl (C=O) groups excluding carboxylic acids is 1. The molecule has 2 saturated heterocycles. The largest absolute Gasteiger partial charge is 0.362 e. The number of H-pyrrole nitrogens is 1. The van der Waals surface area contributed by atoms with Crippen LogP contribution in [0.3, 0.4) is 0 Å². The van der Waals surface area contributed by atoms with Gasteiger partial charge >= 0.3 is 0 Å². The quantitative estimate of drug-likeness (QED) is 0.865. The summed E-state index contributed by atoms with van der Waals surface area (Å²) in [6.07, 6.45) is 5.21. The van der Waals surface area contributed by atoms with Crippen LogP contribution in [0.15, 0.2) is 6.07 Å². The summed E-state index contributed by atoms with van der Waals surface area (Å²) in [5.41, 5.74) is 2.95. The molecule has 0 spiro atoms. The SMILES string of the molecule is Cc1cc(C(=O)CN2CCCC(N3CCCC3)C2)c(C)[nH]1. The molecule has 1 atom stereocenters. The van der Waals surface area contributed by atoms with Crippen molar-refractivity contribution in [3.05, 3.63) is 23.0 Å². The third kappa shape index (κ3) is 3.38. The molecule has 3 heterocycles. The minimum absolute atomic E-state index is 0.263. The average molecular weight is 289 g/mol. The Morgan fingerprint density at radius 2 is 2.00 bits per heavy atom. The summed E-state index contributed by atoms with van der Waals surface area (Å²) in [5.74, 6) is 0.263. The normalized spacial score (nSPS) is 24.6. The number of aromatic amines is 1. The van der Waals surface area contributed by atoms with E-state index < -0.39 is 0 Å². The highest BCUT2D eigenvalue weighted by atomic mass is 16.1. The first-order valence-electron chi connectivity index (χ1n) is 8.29. The number of rotatable bonds is 4. The minimum Gasteiger partial charge on any atom is -0.362 e. The molecule has 2 aliphatic rings. The monoisotopic (exact) mass is 289 g/mol. The van der Waals surface area contributed by atoms with Gasteiger partial charge in [-0.05, 0) is 65.2 Å². The molecule has 1 N–H and O–H groups in total. The molecule has 0 aromatic carbocycles. The number of nitrogens with zero attached hydrogens (tertiary/aromatic N) is 2. The van der Waals surface area contributed by atoms with Crippen LogP contribution < -0.4 is 0 Å². The average Bonchev–Trinajstić information content (AvgIpc) is 3.08. The smallest absolute Gasteiger partial charge is 0.178 e. The van der Waals surface area contributed by atoms with E-state index in [1.54, 1.807) is 0 Å². The van der Waals surface area contributed by atoms with Gasteiger partial charge in [0.2, 0.25) is 0 Å². The van der Waals surface area contributed by atoms with Crippen LogP contribution in [-0.2, 0) is 0 Å². The van der Waals surface area contributed by atoms with Gasteiger partial charge in [-0.25, -0.2) is 0 Å². The topological polar surface area (TPSA) is 39.3 Å². The Labute approximate surface area is 127 Å². The number of hydrogen-bond donors (Lipinski definition) is 1. The first kappa shape index (κ1) is 14.8. The molecule has 2 fully saturated rings. The van der Waals surface area contributed by atoms with Gasteiger partial charge in [-0.15, -0.1) is 0 Å². The fourth-order valence-electron chi connectivity index (χ4n) is 3.88. The maximum Gasteiger partial charge on any atom is 0.178 e. The first-order chi connectivity index (χ1) is 10.1. The second kappa shape index (κ2) is 6.32. The van der Waals surface area contributed by atoms with Gasteiger partial charge in [-0.1, -0.05) is 0 Å². The predicted octanol–water partition coefficient (Wildman–Crippen LogP) is 2.37. The molecule has 1 aromatic heterocycles. The van der Waals surface area contributed by atoms with Crippen LogP contribution in [0, 0.1) is 13.8 Å². The van der Waals surface area contributed by atoms with Gasteiger partial charge < -0.3 is 4.98 Å². The number of ketones is 1. The highest BCUT2D eigenvalue weighted by molar-refractivity contribution is 5.98. The zero-order chi connectivity index (χ0) is 14.8. The molecule has 0 amide bonds. The molecule has 4 heteroatoms. The third-order valence-electron chi connectivity index (χ3n) is 4.95. The van der Waals surface area contributed by atoms with Gasteiger partial charge in [0, 0.05) is 29.5 Å². The van der Waals surface area contributed by atoms with Crippen molar-refractivity contribution in [2.75, 3.05) is 32.7 Å². The number of Topliss-reactive ketones (excluding diaryl/α,β-unsaturated/α-hetero) is 1. The summed E-state index contributed by atoms with van der Waals surface area (Å²) in [6.45, 7) is 9.21. The van der Waals surface area contributed by atoms with Crippen LogP contribution in [0.2, 0.25) is 0 Å². The number of hydrogen-bond acceptors (Lipinski definition) is 3. The van der Waals surface area contributed by atoms with Crippen molar-refractivity contribution in [3.8, 4) is 0 Å². The molecule has 21 heavy (non-hydrogen) atoms. The minimum atomic E-state index is 0.263. The molecule has 1 aromatic rings. The summed E-state index contributed by atoms with van der Waals surface area (Å²) in [6, 6.07) is 2.66. The summed E-state index contributed by atoms with van der Waals surface area (Å²) in [5, 5.41) is 0. The van der Waals surface area contributed by atoms with Crippen molar-refractivity contribution in [1.82, 2.24) is 14.8 Å². The Balaban J connectivity index is 1.59. The van der Waals surface area contributed by atoms with Crippen molar-refractivity contribution >= 4 is 5.78 Å². The number of likely N-dealkylation sites (tertiary alicyclic amines) is 2. The van der Waals surface area contributed by atoms with Crippen LogP contribution in [0.1, 0.15) is 47.4 Å². The van der Waals surface area contributed by atoms with Crippen LogP contribution >= 0.6 is 0 Å². The molecular weight excluding hydrogens is 262 g/mol. The maximum atomic E-state index is 12.5. The van der Waals surface area contributed by atoms with Gasteiger partial charge in [-0.3, -0.25) is 14.6 Å². The maximum absolute atomic E-state index is 12.5. The van der Waals surface area contributed by atoms with Crippen molar-refractivity contribution in [2.45, 2.75) is 45.6 Å². The number of carbonyl (C=O) groups is 1. The van der Waals surface area contributed by atoms with E-state index in [1.807, 2.05) is 19.9 Å². The summed E-state index contributed by atoms with van der Waals surface area (Å²) >= 11 is 0. The first-order valence-corrected chi connectivity index (χ1v) is 8.29. The molecule has 116 valence electrons. The fourth-order valence-corrected chi connectivity index (χ4v) is 3.88. The molecule has 0 saturated carbocycles. The lowest BCUT2D eigenvalue weighted by molar-refractivity contribution is 0.0822. The van der Waals surface area contributed by atoms with Crippen LogP contribution in [0.25, 0.3) is 0 Å². The van der Waals surface area contributed by atoms with Crippen LogP contribution in [-0.4, -0.2) is 59.3 Å². The Hall–Kier alpha value is -1.13. The van der Waals surface area contributed by atoms with Crippen LogP contribution in [0.5, 0.6) is 0 Å². The Bertz CT molecular complexity index is 502. The lowest BCUT2D eigenvalue weighted by Gasteiger charge is -2.37. The van der Waals surface area contributed by atoms with Gasteiger partial charge in [0.25, 0.3) is 0 Å².